The monoisotopic (exact) mass is 420 g/mol. The molecule has 0 spiro atoms. The molecule has 0 fully saturated rings. The number of non-ortho nitro benzene ring substituents is 1. The standard InChI is InChI=1S/C17H13ClN4O5S/c18-13-3-1-2-4-14(13)26-9-16-20-21-17(27-16)28-10-15(23)19-11-5-7-12(8-6-11)22(24)25/h1-8H,9-10H2,(H,19,23). The number of aromatic nitrogens is 2. The Morgan fingerprint density at radius 3 is 2.68 bits per heavy atom. The largest absolute Gasteiger partial charge is 0.482 e. The van der Waals surface area contributed by atoms with Crippen LogP contribution in [-0.2, 0) is 11.4 Å². The number of halogens is 1. The van der Waals surface area contributed by atoms with Crippen molar-refractivity contribution < 1.29 is 18.9 Å². The number of nitrogens with one attached hydrogen (secondary N) is 1. The molecule has 0 aliphatic rings. The number of amides is 1. The summed E-state index contributed by atoms with van der Waals surface area (Å²) < 4.78 is 10.9. The van der Waals surface area contributed by atoms with Crippen LogP contribution in [0.1, 0.15) is 5.89 Å². The number of nitro groups is 1. The van der Waals surface area contributed by atoms with Crippen molar-refractivity contribution in [3.8, 4) is 5.75 Å². The van der Waals surface area contributed by atoms with Crippen LogP contribution in [0.2, 0.25) is 5.02 Å². The normalized spacial score (nSPS) is 10.5. The SMILES string of the molecule is O=C(CSc1nnc(COc2ccccc2Cl)o1)Nc1ccc([N+](=O)[O-])cc1. The first-order valence-electron chi connectivity index (χ1n) is 7.88. The summed E-state index contributed by atoms with van der Waals surface area (Å²) in [7, 11) is 0. The Morgan fingerprint density at radius 2 is 1.96 bits per heavy atom. The fourth-order valence-electron chi connectivity index (χ4n) is 2.05. The number of carbonyl (C=O) groups is 1. The summed E-state index contributed by atoms with van der Waals surface area (Å²) in [6, 6.07) is 12.5. The van der Waals surface area contributed by atoms with Crippen LogP contribution in [0.3, 0.4) is 0 Å². The van der Waals surface area contributed by atoms with Crippen molar-refractivity contribution in [3.05, 3.63) is 69.6 Å². The summed E-state index contributed by atoms with van der Waals surface area (Å²) in [5, 5.41) is 21.6. The van der Waals surface area contributed by atoms with Crippen molar-refractivity contribution in [1.82, 2.24) is 10.2 Å². The number of carbonyl (C=O) groups excluding carboxylic acids is 1. The molecule has 1 N–H and O–H groups in total. The van der Waals surface area contributed by atoms with E-state index in [4.69, 9.17) is 20.8 Å². The van der Waals surface area contributed by atoms with Crippen LogP contribution in [-0.4, -0.2) is 26.8 Å². The number of rotatable bonds is 8. The lowest BCUT2D eigenvalue weighted by atomic mass is 10.3. The Bertz CT molecular complexity index is 980. The highest BCUT2D eigenvalue weighted by molar-refractivity contribution is 7.99. The molecule has 144 valence electrons. The van der Waals surface area contributed by atoms with E-state index in [0.29, 0.717) is 16.5 Å². The zero-order valence-corrected chi connectivity index (χ0v) is 15.8. The van der Waals surface area contributed by atoms with Gasteiger partial charge in [-0.3, -0.25) is 14.9 Å². The molecule has 0 unspecified atom stereocenters. The molecule has 0 radical (unpaired) electrons. The highest BCUT2D eigenvalue weighted by Gasteiger charge is 2.12. The molecule has 11 heteroatoms. The van der Waals surface area contributed by atoms with Crippen LogP contribution >= 0.6 is 23.4 Å². The lowest BCUT2D eigenvalue weighted by Gasteiger charge is -2.04. The van der Waals surface area contributed by atoms with Crippen LogP contribution in [0, 0.1) is 10.1 Å². The number of nitro benzene ring substituents is 1. The van der Waals surface area contributed by atoms with Gasteiger partial charge < -0.3 is 14.5 Å². The topological polar surface area (TPSA) is 120 Å². The van der Waals surface area contributed by atoms with Crippen molar-refractivity contribution in [3.63, 3.8) is 0 Å². The summed E-state index contributed by atoms with van der Waals surface area (Å²) in [4.78, 5) is 22.1. The zero-order valence-electron chi connectivity index (χ0n) is 14.2. The fraction of sp³-hybridized carbons (Fsp3) is 0.118. The summed E-state index contributed by atoms with van der Waals surface area (Å²) in [5.74, 6) is 0.465. The van der Waals surface area contributed by atoms with Crippen LogP contribution in [0.5, 0.6) is 5.75 Å². The molecule has 28 heavy (non-hydrogen) atoms. The lowest BCUT2D eigenvalue weighted by molar-refractivity contribution is -0.384. The number of thioether (sulfide) groups is 1. The van der Waals surface area contributed by atoms with Crippen molar-refractivity contribution in [2.45, 2.75) is 11.8 Å². The second-order valence-electron chi connectivity index (χ2n) is 5.32. The third kappa shape index (κ3) is 5.44. The maximum atomic E-state index is 12.0. The maximum absolute atomic E-state index is 12.0. The van der Waals surface area contributed by atoms with Gasteiger partial charge in [0.2, 0.25) is 5.91 Å². The van der Waals surface area contributed by atoms with Gasteiger partial charge in [0.05, 0.1) is 15.7 Å². The Labute approximate surface area is 168 Å². The predicted molar refractivity (Wildman–Crippen MR) is 103 cm³/mol. The molecule has 1 amide bonds. The second-order valence-corrected chi connectivity index (χ2v) is 6.66. The minimum Gasteiger partial charge on any atom is -0.482 e. The number of hydrogen-bond donors (Lipinski definition) is 1. The van der Waals surface area contributed by atoms with Gasteiger partial charge >= 0.3 is 0 Å². The van der Waals surface area contributed by atoms with E-state index in [1.807, 2.05) is 0 Å². The number of anilines is 1. The molecule has 0 bridgehead atoms. The number of hydrogen-bond acceptors (Lipinski definition) is 8. The minimum atomic E-state index is -0.510. The predicted octanol–water partition coefficient (Wildman–Crippen LogP) is 3.94. The van der Waals surface area contributed by atoms with E-state index in [1.165, 1.54) is 24.3 Å². The van der Waals surface area contributed by atoms with E-state index in [2.05, 4.69) is 15.5 Å². The second kappa shape index (κ2) is 9.20. The minimum absolute atomic E-state index is 0.0317. The summed E-state index contributed by atoms with van der Waals surface area (Å²) >= 11 is 7.06. The van der Waals surface area contributed by atoms with Gasteiger partial charge in [-0.25, -0.2) is 0 Å². The van der Waals surface area contributed by atoms with Gasteiger partial charge in [-0.15, -0.1) is 10.2 Å². The third-order valence-electron chi connectivity index (χ3n) is 3.32. The average Bonchev–Trinajstić information content (AvgIpc) is 3.14. The van der Waals surface area contributed by atoms with Gasteiger partial charge in [-0.1, -0.05) is 35.5 Å². The molecule has 0 aliphatic heterocycles. The highest BCUT2D eigenvalue weighted by atomic mass is 35.5. The Morgan fingerprint density at radius 1 is 1.21 bits per heavy atom. The van der Waals surface area contributed by atoms with Crippen LogP contribution in [0.25, 0.3) is 0 Å². The molecule has 0 saturated heterocycles. The van der Waals surface area contributed by atoms with Crippen molar-refractivity contribution >= 4 is 40.6 Å². The number of nitrogens with zero attached hydrogens (tertiary/aromatic N) is 3. The molecule has 0 aliphatic carbocycles. The Balaban J connectivity index is 1.46. The first-order chi connectivity index (χ1) is 13.5. The Kier molecular flexibility index (Phi) is 6.45. The van der Waals surface area contributed by atoms with E-state index in [9.17, 15) is 14.9 Å². The number of benzene rings is 2. The van der Waals surface area contributed by atoms with Gasteiger partial charge in [0, 0.05) is 17.8 Å². The van der Waals surface area contributed by atoms with Gasteiger partial charge in [0.25, 0.3) is 16.8 Å². The van der Waals surface area contributed by atoms with E-state index in [0.717, 1.165) is 11.8 Å². The quantitative estimate of drug-likeness (QED) is 0.330. The molecular formula is C17H13ClN4O5S. The fourth-order valence-corrected chi connectivity index (χ4v) is 2.82. The van der Waals surface area contributed by atoms with Crippen LogP contribution in [0.4, 0.5) is 11.4 Å². The van der Waals surface area contributed by atoms with Crippen molar-refractivity contribution in [1.29, 1.82) is 0 Å². The summed E-state index contributed by atoms with van der Waals surface area (Å²) in [5.41, 5.74) is 0.403. The lowest BCUT2D eigenvalue weighted by Crippen LogP contribution is -2.13. The van der Waals surface area contributed by atoms with E-state index in [-0.39, 0.29) is 35.1 Å². The highest BCUT2D eigenvalue weighted by Crippen LogP contribution is 2.24. The Hall–Kier alpha value is -3.11. The maximum Gasteiger partial charge on any atom is 0.277 e. The molecule has 3 aromatic rings. The van der Waals surface area contributed by atoms with Crippen molar-refractivity contribution in [2.24, 2.45) is 0 Å². The van der Waals surface area contributed by atoms with Gasteiger partial charge in [-0.05, 0) is 24.3 Å². The summed E-state index contributed by atoms with van der Waals surface area (Å²) in [6.45, 7) is 0.0479. The molecule has 2 aromatic carbocycles. The number of ether oxygens (including phenoxy) is 1. The molecule has 9 nitrogen and oxygen atoms in total. The van der Waals surface area contributed by atoms with Crippen molar-refractivity contribution in [2.75, 3.05) is 11.1 Å². The third-order valence-corrected chi connectivity index (χ3v) is 4.46. The molecule has 0 saturated carbocycles. The average molecular weight is 421 g/mol. The molecule has 0 atom stereocenters. The first kappa shape index (κ1) is 19.6. The van der Waals surface area contributed by atoms with Crippen LogP contribution < -0.4 is 10.1 Å². The summed E-state index contributed by atoms with van der Waals surface area (Å²) in [6.07, 6.45) is 0. The molecule has 1 aromatic heterocycles. The van der Waals surface area contributed by atoms with E-state index >= 15 is 0 Å². The van der Waals surface area contributed by atoms with Gasteiger partial charge in [0.1, 0.15) is 5.75 Å². The van der Waals surface area contributed by atoms with E-state index < -0.39 is 4.92 Å². The van der Waals surface area contributed by atoms with Crippen LogP contribution in [0.15, 0.2) is 58.2 Å². The van der Waals surface area contributed by atoms with Gasteiger partial charge in [-0.2, -0.15) is 0 Å². The van der Waals surface area contributed by atoms with Gasteiger partial charge in [0.15, 0.2) is 6.61 Å². The molecule has 1 heterocycles. The molecular weight excluding hydrogens is 408 g/mol. The smallest absolute Gasteiger partial charge is 0.277 e. The van der Waals surface area contributed by atoms with E-state index in [1.54, 1.807) is 24.3 Å². The first-order valence-corrected chi connectivity index (χ1v) is 9.24. The zero-order chi connectivity index (χ0) is 19.9. The molecule has 3 rings (SSSR count). The number of para-hydroxylation sites is 1.